The summed E-state index contributed by atoms with van der Waals surface area (Å²) < 4.78 is 37.0. The molecule has 13 nitrogen and oxygen atoms in total. The molecule has 0 aromatic heterocycles. The number of methoxy groups -OCH3 is 1. The molecule has 234 valence electrons. The number of esters is 1. The third-order valence-corrected chi connectivity index (χ3v) is 5.98. The van der Waals surface area contributed by atoms with Gasteiger partial charge in [0.05, 0.1) is 53.4 Å². The van der Waals surface area contributed by atoms with Crippen molar-refractivity contribution in [2.45, 2.75) is 50.9 Å². The monoisotopic (exact) mass is 594 g/mol. The van der Waals surface area contributed by atoms with Crippen LogP contribution in [0.15, 0.2) is 24.3 Å². The molecule has 4 atom stereocenters. The average Bonchev–Trinajstić information content (AvgIpc) is 3.40. The van der Waals surface area contributed by atoms with Gasteiger partial charge in [0.2, 0.25) is 0 Å². The minimum atomic E-state index is -1.54. The normalized spacial score (nSPS) is 18.7. The summed E-state index contributed by atoms with van der Waals surface area (Å²) in [4.78, 5) is 37.1. The summed E-state index contributed by atoms with van der Waals surface area (Å²) in [6.45, 7) is 5.41. The Morgan fingerprint density at radius 1 is 0.976 bits per heavy atom. The molecule has 0 radical (unpaired) electrons. The van der Waals surface area contributed by atoms with Gasteiger partial charge in [0, 0.05) is 17.7 Å². The molecule has 1 aliphatic heterocycles. The quantitative estimate of drug-likeness (QED) is 0.104. The Morgan fingerprint density at radius 3 is 2.19 bits per heavy atom. The van der Waals surface area contributed by atoms with Crippen molar-refractivity contribution in [1.29, 1.82) is 0 Å². The molecular formula is C29H42N2O11. The molecule has 42 heavy (non-hydrogen) atoms. The molecule has 0 bridgehead atoms. The first-order valence-corrected chi connectivity index (χ1v) is 13.9. The fraction of sp³-hybridized carbons (Fsp3) is 0.621. The van der Waals surface area contributed by atoms with Gasteiger partial charge in [-0.1, -0.05) is 37.8 Å². The Morgan fingerprint density at radius 2 is 1.60 bits per heavy atom. The number of benzene rings is 1. The molecule has 1 unspecified atom stereocenters. The number of rotatable bonds is 21. The lowest BCUT2D eigenvalue weighted by atomic mass is 10.1. The van der Waals surface area contributed by atoms with E-state index in [0.29, 0.717) is 76.8 Å². The van der Waals surface area contributed by atoms with Gasteiger partial charge < -0.3 is 48.9 Å². The van der Waals surface area contributed by atoms with Crippen LogP contribution in [0.2, 0.25) is 0 Å². The van der Waals surface area contributed by atoms with E-state index >= 15 is 0 Å². The number of carbonyl (C=O) groups excluding carboxylic acids is 3. The number of aliphatic hydroxyl groups excluding tert-OH is 1. The maximum Gasteiger partial charge on any atom is 0.328 e. The number of aliphatic hydroxyl groups is 1. The molecule has 1 fully saturated rings. The van der Waals surface area contributed by atoms with Gasteiger partial charge in [-0.05, 0) is 18.6 Å². The Balaban J connectivity index is 1.65. The Bertz CT molecular complexity index is 983. The Labute approximate surface area is 246 Å². The first kappa shape index (κ1) is 35.1. The van der Waals surface area contributed by atoms with Gasteiger partial charge in [-0.15, -0.1) is 6.42 Å². The SMILES string of the molecule is C#CCOCCOCCOCCOCCNC(=O)c1ccc(C2O[C@@H](O)[C@H](C(=O)N[C@@H](CCCC)C(=O)OC)O2)cc1. The van der Waals surface area contributed by atoms with Gasteiger partial charge in [-0.25, -0.2) is 4.79 Å². The predicted octanol–water partition coefficient (Wildman–Crippen LogP) is 0.696. The highest BCUT2D eigenvalue weighted by Crippen LogP contribution is 2.30. The van der Waals surface area contributed by atoms with E-state index in [9.17, 15) is 19.5 Å². The second kappa shape index (κ2) is 20.7. The largest absolute Gasteiger partial charge is 0.467 e. The first-order chi connectivity index (χ1) is 20.4. The van der Waals surface area contributed by atoms with E-state index in [0.717, 1.165) is 6.42 Å². The van der Waals surface area contributed by atoms with E-state index in [1.807, 2.05) is 6.92 Å². The first-order valence-electron chi connectivity index (χ1n) is 13.9. The number of unbranched alkanes of at least 4 members (excludes halogenated alkanes) is 1. The molecule has 13 heteroatoms. The molecule has 1 heterocycles. The van der Waals surface area contributed by atoms with E-state index in [-0.39, 0.29) is 12.5 Å². The molecule has 1 aromatic rings. The molecule has 0 spiro atoms. The zero-order chi connectivity index (χ0) is 30.6. The Hall–Kier alpha value is -3.09. The van der Waals surface area contributed by atoms with Crippen LogP contribution in [-0.4, -0.2) is 108 Å². The third-order valence-electron chi connectivity index (χ3n) is 5.98. The van der Waals surface area contributed by atoms with Crippen molar-refractivity contribution in [2.75, 3.05) is 66.5 Å². The number of nitrogens with one attached hydrogen (secondary N) is 2. The van der Waals surface area contributed by atoms with E-state index in [1.54, 1.807) is 24.3 Å². The van der Waals surface area contributed by atoms with E-state index < -0.39 is 36.6 Å². The van der Waals surface area contributed by atoms with Gasteiger partial charge in [0.15, 0.2) is 18.7 Å². The van der Waals surface area contributed by atoms with Crippen LogP contribution in [0.1, 0.15) is 48.4 Å². The zero-order valence-corrected chi connectivity index (χ0v) is 24.2. The smallest absolute Gasteiger partial charge is 0.328 e. The van der Waals surface area contributed by atoms with Crippen molar-refractivity contribution in [1.82, 2.24) is 10.6 Å². The minimum absolute atomic E-state index is 0.270. The number of carbonyl (C=O) groups is 3. The number of terminal acetylenes is 1. The van der Waals surface area contributed by atoms with Crippen molar-refractivity contribution in [3.8, 4) is 12.3 Å². The molecule has 1 saturated heterocycles. The molecular weight excluding hydrogens is 552 g/mol. The van der Waals surface area contributed by atoms with E-state index in [1.165, 1.54) is 7.11 Å². The maximum absolute atomic E-state index is 12.7. The number of amides is 2. The van der Waals surface area contributed by atoms with Crippen LogP contribution in [-0.2, 0) is 42.7 Å². The average molecular weight is 595 g/mol. The summed E-state index contributed by atoms with van der Waals surface area (Å²) in [6.07, 6.45) is 3.10. The molecule has 1 aromatic carbocycles. The lowest BCUT2D eigenvalue weighted by molar-refractivity contribution is -0.148. The summed E-state index contributed by atoms with van der Waals surface area (Å²) in [5.41, 5.74) is 0.902. The van der Waals surface area contributed by atoms with Crippen LogP contribution in [0.5, 0.6) is 0 Å². The minimum Gasteiger partial charge on any atom is -0.467 e. The highest BCUT2D eigenvalue weighted by Gasteiger charge is 2.41. The molecule has 2 amide bonds. The molecule has 3 N–H and O–H groups in total. The second-order valence-electron chi connectivity index (χ2n) is 9.11. The van der Waals surface area contributed by atoms with Crippen molar-refractivity contribution in [3.63, 3.8) is 0 Å². The lowest BCUT2D eigenvalue weighted by Crippen LogP contribution is -2.48. The standard InChI is InChI=1S/C29H42N2O11/c1-4-6-7-23(27(34)36-3)31-26(33)24-28(35)42-29(41-24)22-10-8-21(9-11-22)25(32)30-12-14-38-16-18-40-20-19-39-17-15-37-13-5-2/h2,8-11,23-24,28-29,35H,4,6-7,12-20H2,1,3H3,(H,30,32)(H,31,33)/t23-,24-,28+,29?/m0/s1. The molecule has 0 saturated carbocycles. The summed E-state index contributed by atoms with van der Waals surface area (Å²) in [5.74, 6) is 0.818. The number of hydrogen-bond acceptors (Lipinski definition) is 11. The zero-order valence-electron chi connectivity index (χ0n) is 24.2. The Kier molecular flexibility index (Phi) is 17.3. The van der Waals surface area contributed by atoms with Crippen LogP contribution in [0.4, 0.5) is 0 Å². The van der Waals surface area contributed by atoms with E-state index in [2.05, 4.69) is 16.6 Å². The van der Waals surface area contributed by atoms with Crippen LogP contribution in [0.3, 0.4) is 0 Å². The van der Waals surface area contributed by atoms with E-state index in [4.69, 9.17) is 39.6 Å². The number of hydrogen-bond donors (Lipinski definition) is 3. The van der Waals surface area contributed by atoms with Gasteiger partial charge >= 0.3 is 5.97 Å². The third kappa shape index (κ3) is 12.8. The molecule has 2 rings (SSSR count). The van der Waals surface area contributed by atoms with Gasteiger partial charge in [-0.3, -0.25) is 9.59 Å². The van der Waals surface area contributed by atoms with Crippen molar-refractivity contribution < 1.29 is 52.6 Å². The van der Waals surface area contributed by atoms with Crippen LogP contribution in [0, 0.1) is 12.3 Å². The predicted molar refractivity (Wildman–Crippen MR) is 149 cm³/mol. The van der Waals surface area contributed by atoms with Gasteiger partial charge in [-0.2, -0.15) is 0 Å². The van der Waals surface area contributed by atoms with Crippen molar-refractivity contribution in [2.24, 2.45) is 0 Å². The highest BCUT2D eigenvalue weighted by atomic mass is 16.8. The van der Waals surface area contributed by atoms with Crippen molar-refractivity contribution in [3.05, 3.63) is 35.4 Å². The summed E-state index contributed by atoms with van der Waals surface area (Å²) in [5, 5.41) is 15.6. The van der Waals surface area contributed by atoms with Crippen LogP contribution < -0.4 is 10.6 Å². The topological polar surface area (TPSA) is 160 Å². The summed E-state index contributed by atoms with van der Waals surface area (Å²) >= 11 is 0. The van der Waals surface area contributed by atoms with Crippen LogP contribution in [0.25, 0.3) is 0 Å². The van der Waals surface area contributed by atoms with Gasteiger partial charge in [0.25, 0.3) is 11.8 Å². The maximum atomic E-state index is 12.7. The molecule has 1 aliphatic rings. The highest BCUT2D eigenvalue weighted by molar-refractivity contribution is 5.94. The molecule has 0 aliphatic carbocycles. The van der Waals surface area contributed by atoms with Crippen LogP contribution >= 0.6 is 0 Å². The lowest BCUT2D eigenvalue weighted by Gasteiger charge is -2.19. The van der Waals surface area contributed by atoms with Gasteiger partial charge in [0.1, 0.15) is 12.6 Å². The fourth-order valence-electron chi connectivity index (χ4n) is 3.75. The summed E-state index contributed by atoms with van der Waals surface area (Å²) in [7, 11) is 1.24. The fourth-order valence-corrected chi connectivity index (χ4v) is 3.75. The number of ether oxygens (including phenoxy) is 7. The second-order valence-corrected chi connectivity index (χ2v) is 9.11. The summed E-state index contributed by atoms with van der Waals surface area (Å²) in [6, 6.07) is 5.51. The van der Waals surface area contributed by atoms with Crippen molar-refractivity contribution >= 4 is 17.8 Å².